The molecule has 2 fully saturated rings. The highest BCUT2D eigenvalue weighted by atomic mass is 32.1. The maximum absolute atomic E-state index is 11.3. The molecule has 3 N–H and O–H groups in total. The minimum absolute atomic E-state index is 0.219. The molecule has 1 saturated carbocycles. The summed E-state index contributed by atoms with van der Waals surface area (Å²) in [5.41, 5.74) is 13.0. The molecule has 8 heteroatoms. The number of pyridine rings is 1. The maximum atomic E-state index is 11.3. The van der Waals surface area contributed by atoms with Gasteiger partial charge in [-0.3, -0.25) is 9.69 Å². The zero-order chi connectivity index (χ0) is 23.8. The summed E-state index contributed by atoms with van der Waals surface area (Å²) in [5.74, 6) is 0.794. The van der Waals surface area contributed by atoms with E-state index in [1.165, 1.54) is 46.3 Å². The number of likely N-dealkylation sites (tertiary alicyclic amines) is 1. The first-order chi connectivity index (χ1) is 16.2. The Labute approximate surface area is 203 Å². The van der Waals surface area contributed by atoms with Gasteiger partial charge in [0.25, 0.3) is 0 Å². The second kappa shape index (κ2) is 7.65. The molecule has 1 amide bonds. The van der Waals surface area contributed by atoms with Crippen molar-refractivity contribution >= 4 is 33.1 Å². The molecule has 178 valence electrons. The molecule has 0 radical (unpaired) electrons. The number of amides is 1. The van der Waals surface area contributed by atoms with Crippen LogP contribution >= 0.6 is 11.3 Å². The summed E-state index contributed by atoms with van der Waals surface area (Å²) in [6, 6.07) is 2.22. The molecule has 1 atom stereocenters. The van der Waals surface area contributed by atoms with Crippen LogP contribution in [-0.2, 0) is 4.79 Å². The largest absolute Gasteiger partial charge is 0.369 e. The zero-order valence-electron chi connectivity index (χ0n) is 20.3. The highest BCUT2D eigenvalue weighted by molar-refractivity contribution is 7.19. The number of thiophene rings is 1. The van der Waals surface area contributed by atoms with Crippen molar-refractivity contribution in [2.24, 2.45) is 11.1 Å². The van der Waals surface area contributed by atoms with E-state index in [0.717, 1.165) is 29.9 Å². The number of rotatable bonds is 5. The van der Waals surface area contributed by atoms with E-state index in [9.17, 15) is 4.79 Å². The Balaban J connectivity index is 1.35. The van der Waals surface area contributed by atoms with E-state index in [0.29, 0.717) is 23.8 Å². The van der Waals surface area contributed by atoms with Gasteiger partial charge in [0.15, 0.2) is 5.65 Å². The van der Waals surface area contributed by atoms with E-state index in [2.05, 4.69) is 59.9 Å². The molecule has 1 spiro atoms. The number of nitrogens with one attached hydrogen (secondary N) is 1. The standard InChI is InChI=1S/C26H32N6OS/c1-14(2)20-21-16(4)23(17-5-6-26(8-17)11-31(12-26)10-19(27)33)34-25(21)30-22(20)18-7-15(3)24-28-13-29-32(24)9-18/h7,9,13-14,17,30H,5-6,8,10-12H2,1-4H3,(H2,27,33). The lowest BCUT2D eigenvalue weighted by Crippen LogP contribution is -2.57. The van der Waals surface area contributed by atoms with Crippen LogP contribution in [0.4, 0.5) is 0 Å². The summed E-state index contributed by atoms with van der Waals surface area (Å²) in [6.45, 7) is 11.4. The molecule has 5 heterocycles. The minimum Gasteiger partial charge on any atom is -0.369 e. The summed E-state index contributed by atoms with van der Waals surface area (Å²) >= 11 is 1.95. The molecular weight excluding hydrogens is 444 g/mol. The van der Waals surface area contributed by atoms with Gasteiger partial charge < -0.3 is 10.7 Å². The number of nitrogens with zero attached hydrogens (tertiary/aromatic N) is 4. The summed E-state index contributed by atoms with van der Waals surface area (Å²) in [5, 5.41) is 5.79. The third kappa shape index (κ3) is 3.30. The Morgan fingerprint density at radius 1 is 1.35 bits per heavy atom. The molecule has 1 aliphatic heterocycles. The molecule has 1 saturated heterocycles. The van der Waals surface area contributed by atoms with Crippen molar-refractivity contribution in [2.75, 3.05) is 19.6 Å². The van der Waals surface area contributed by atoms with Crippen LogP contribution in [0.3, 0.4) is 0 Å². The van der Waals surface area contributed by atoms with Crippen LogP contribution in [0, 0.1) is 19.3 Å². The van der Waals surface area contributed by atoms with Crippen LogP contribution < -0.4 is 5.73 Å². The van der Waals surface area contributed by atoms with E-state index in [-0.39, 0.29) is 5.91 Å². The number of H-pyrrole nitrogens is 1. The number of fused-ring (bicyclic) bond motifs is 2. The maximum Gasteiger partial charge on any atom is 0.231 e. The number of aromatic amines is 1. The lowest BCUT2D eigenvalue weighted by molar-refractivity contribution is -0.122. The van der Waals surface area contributed by atoms with E-state index in [1.54, 1.807) is 11.2 Å². The van der Waals surface area contributed by atoms with Gasteiger partial charge in [0.05, 0.1) is 12.2 Å². The molecular formula is C26H32N6OS. The molecule has 6 rings (SSSR count). The zero-order valence-corrected chi connectivity index (χ0v) is 21.1. The van der Waals surface area contributed by atoms with Crippen LogP contribution in [0.25, 0.3) is 27.1 Å². The number of hydrogen-bond acceptors (Lipinski definition) is 5. The van der Waals surface area contributed by atoms with Gasteiger partial charge in [-0.05, 0) is 73.1 Å². The predicted molar refractivity (Wildman–Crippen MR) is 136 cm³/mol. The first kappa shape index (κ1) is 21.8. The SMILES string of the molecule is Cc1c(C2CCC3(C2)CN(CC(N)=O)C3)sc2[nH]c(-c3cc(C)c4ncnn4c3)c(C(C)C)c12. The summed E-state index contributed by atoms with van der Waals surface area (Å²) in [7, 11) is 0. The third-order valence-corrected chi connectivity index (χ3v) is 9.33. The number of carbonyl (C=O) groups excluding carboxylic acids is 1. The topological polar surface area (TPSA) is 92.3 Å². The highest BCUT2D eigenvalue weighted by Crippen LogP contribution is 2.55. The Morgan fingerprint density at radius 3 is 2.88 bits per heavy atom. The van der Waals surface area contributed by atoms with Crippen LogP contribution in [0.2, 0.25) is 0 Å². The first-order valence-electron chi connectivity index (χ1n) is 12.2. The fourth-order valence-corrected chi connectivity index (χ4v) is 7.99. The first-order valence-corrected chi connectivity index (χ1v) is 13.0. The lowest BCUT2D eigenvalue weighted by atomic mass is 9.77. The second-order valence-corrected chi connectivity index (χ2v) is 11.9. The Hall–Kier alpha value is -2.71. The van der Waals surface area contributed by atoms with Crippen molar-refractivity contribution in [1.29, 1.82) is 0 Å². The van der Waals surface area contributed by atoms with E-state index in [1.807, 2.05) is 15.9 Å². The van der Waals surface area contributed by atoms with Gasteiger partial charge in [-0.25, -0.2) is 9.50 Å². The molecule has 1 unspecified atom stereocenters. The molecule has 0 bridgehead atoms. The Bertz CT molecular complexity index is 1420. The van der Waals surface area contributed by atoms with E-state index < -0.39 is 0 Å². The number of primary amides is 1. The van der Waals surface area contributed by atoms with Crippen LogP contribution in [-0.4, -0.2) is 50.0 Å². The van der Waals surface area contributed by atoms with Crippen molar-refractivity contribution in [3.8, 4) is 11.3 Å². The van der Waals surface area contributed by atoms with Crippen LogP contribution in [0.5, 0.6) is 0 Å². The summed E-state index contributed by atoms with van der Waals surface area (Å²) < 4.78 is 1.88. The number of nitrogens with two attached hydrogens (primary N) is 1. The van der Waals surface area contributed by atoms with Crippen molar-refractivity contribution in [2.45, 2.75) is 58.8 Å². The molecule has 1 aliphatic carbocycles. The van der Waals surface area contributed by atoms with Crippen molar-refractivity contribution < 1.29 is 4.79 Å². The van der Waals surface area contributed by atoms with Crippen LogP contribution in [0.1, 0.15) is 66.5 Å². The summed E-state index contributed by atoms with van der Waals surface area (Å²) in [4.78, 5) is 24.5. The van der Waals surface area contributed by atoms with Crippen molar-refractivity contribution in [1.82, 2.24) is 24.5 Å². The molecule has 34 heavy (non-hydrogen) atoms. The Kier molecular flexibility index (Phi) is 4.90. The average molecular weight is 477 g/mol. The molecule has 4 aromatic heterocycles. The molecule has 7 nitrogen and oxygen atoms in total. The van der Waals surface area contributed by atoms with Gasteiger partial charge in [-0.2, -0.15) is 5.10 Å². The average Bonchev–Trinajstić information content (AvgIpc) is 3.50. The normalized spacial score (nSPS) is 20.2. The highest BCUT2D eigenvalue weighted by Gasteiger charge is 2.49. The van der Waals surface area contributed by atoms with Crippen molar-refractivity contribution in [3.05, 3.63) is 40.2 Å². The number of hydrogen-bond donors (Lipinski definition) is 2. The van der Waals surface area contributed by atoms with Gasteiger partial charge in [0.1, 0.15) is 11.2 Å². The molecule has 4 aromatic rings. The number of aromatic nitrogens is 4. The molecule has 0 aromatic carbocycles. The monoisotopic (exact) mass is 476 g/mol. The van der Waals surface area contributed by atoms with Gasteiger partial charge in [0.2, 0.25) is 5.91 Å². The van der Waals surface area contributed by atoms with Gasteiger partial charge in [-0.15, -0.1) is 11.3 Å². The fourth-order valence-electron chi connectivity index (χ4n) is 6.63. The second-order valence-electron chi connectivity index (χ2n) is 10.9. The smallest absolute Gasteiger partial charge is 0.231 e. The van der Waals surface area contributed by atoms with Gasteiger partial charge >= 0.3 is 0 Å². The number of carbonyl (C=O) groups is 1. The minimum atomic E-state index is -0.219. The van der Waals surface area contributed by atoms with Gasteiger partial charge in [0, 0.05) is 35.1 Å². The number of aryl methyl sites for hydroxylation is 2. The molecule has 2 aliphatic rings. The van der Waals surface area contributed by atoms with Crippen molar-refractivity contribution in [3.63, 3.8) is 0 Å². The van der Waals surface area contributed by atoms with E-state index in [4.69, 9.17) is 5.73 Å². The Morgan fingerprint density at radius 2 is 2.15 bits per heavy atom. The third-order valence-electron chi connectivity index (χ3n) is 7.96. The fraction of sp³-hybridized carbons (Fsp3) is 0.500. The lowest BCUT2D eigenvalue weighted by Gasteiger charge is -2.48. The van der Waals surface area contributed by atoms with Gasteiger partial charge in [-0.1, -0.05) is 13.8 Å². The predicted octanol–water partition coefficient (Wildman–Crippen LogP) is 4.73. The summed E-state index contributed by atoms with van der Waals surface area (Å²) in [6.07, 6.45) is 7.40. The quantitative estimate of drug-likeness (QED) is 0.435. The van der Waals surface area contributed by atoms with Crippen LogP contribution in [0.15, 0.2) is 18.6 Å². The van der Waals surface area contributed by atoms with E-state index >= 15 is 0 Å².